The van der Waals surface area contributed by atoms with Gasteiger partial charge in [-0.2, -0.15) is 5.10 Å². The Morgan fingerprint density at radius 2 is 2.03 bits per heavy atom. The van der Waals surface area contributed by atoms with Crippen LogP contribution in [-0.4, -0.2) is 34.0 Å². The van der Waals surface area contributed by atoms with Gasteiger partial charge < -0.3 is 9.47 Å². The van der Waals surface area contributed by atoms with Crippen LogP contribution in [0.25, 0.3) is 6.08 Å². The number of rotatable bonds is 5. The summed E-state index contributed by atoms with van der Waals surface area (Å²) in [5, 5.41) is 4.15. The summed E-state index contributed by atoms with van der Waals surface area (Å²) in [6.07, 6.45) is 5.30. The van der Waals surface area contributed by atoms with Crippen molar-refractivity contribution in [2.24, 2.45) is 12.0 Å². The number of hydrogen-bond donors (Lipinski definition) is 0. The number of methoxy groups -OCH3 is 1. The summed E-state index contributed by atoms with van der Waals surface area (Å²) in [5.41, 5.74) is 2.26. The molecule has 9 heteroatoms. The minimum atomic E-state index is -0.641. The first-order chi connectivity index (χ1) is 14.9. The summed E-state index contributed by atoms with van der Waals surface area (Å²) in [7, 11) is 3.40. The molecule has 31 heavy (non-hydrogen) atoms. The third kappa shape index (κ3) is 3.84. The molecule has 1 unspecified atom stereocenters. The van der Waals surface area contributed by atoms with Crippen LogP contribution >= 0.6 is 11.3 Å². The number of hydrogen-bond acceptors (Lipinski definition) is 7. The quantitative estimate of drug-likeness (QED) is 0.564. The molecule has 8 nitrogen and oxygen atoms in total. The topological polar surface area (TPSA) is 87.7 Å². The lowest BCUT2D eigenvalue weighted by Crippen LogP contribution is -2.39. The van der Waals surface area contributed by atoms with Gasteiger partial charge in [0.25, 0.3) is 5.56 Å². The Labute approximate surface area is 182 Å². The largest absolute Gasteiger partial charge is 0.497 e. The fourth-order valence-corrected chi connectivity index (χ4v) is 4.61. The van der Waals surface area contributed by atoms with Crippen molar-refractivity contribution >= 4 is 23.4 Å². The van der Waals surface area contributed by atoms with Gasteiger partial charge in [0.2, 0.25) is 0 Å². The van der Waals surface area contributed by atoms with Crippen molar-refractivity contribution in [3.8, 4) is 5.75 Å². The molecule has 0 aliphatic carbocycles. The van der Waals surface area contributed by atoms with Gasteiger partial charge >= 0.3 is 5.97 Å². The molecule has 0 spiro atoms. The van der Waals surface area contributed by atoms with Gasteiger partial charge in [0, 0.05) is 18.8 Å². The number of ether oxygens (including phenoxy) is 2. The molecular formula is C22H22N4O4S. The van der Waals surface area contributed by atoms with Gasteiger partial charge in [-0.05, 0) is 37.6 Å². The van der Waals surface area contributed by atoms with E-state index in [1.54, 1.807) is 54.6 Å². The first-order valence-corrected chi connectivity index (χ1v) is 10.6. The van der Waals surface area contributed by atoms with Crippen molar-refractivity contribution in [3.63, 3.8) is 0 Å². The fraction of sp³-hybridized carbons (Fsp3) is 0.273. The molecule has 1 aromatic carbocycles. The number of thiazole rings is 1. The van der Waals surface area contributed by atoms with E-state index < -0.39 is 12.0 Å². The molecule has 1 aliphatic rings. The summed E-state index contributed by atoms with van der Waals surface area (Å²) >= 11 is 1.28. The van der Waals surface area contributed by atoms with Gasteiger partial charge in [-0.1, -0.05) is 23.5 Å². The van der Waals surface area contributed by atoms with Crippen LogP contribution in [0.5, 0.6) is 5.75 Å². The third-order valence-corrected chi connectivity index (χ3v) is 5.95. The number of esters is 1. The highest BCUT2D eigenvalue weighted by Crippen LogP contribution is 2.31. The highest BCUT2D eigenvalue weighted by molar-refractivity contribution is 7.07. The Bertz CT molecular complexity index is 1350. The number of carbonyl (C=O) groups is 1. The molecule has 0 amide bonds. The Morgan fingerprint density at radius 3 is 2.65 bits per heavy atom. The number of benzene rings is 1. The number of aromatic nitrogens is 3. The number of aryl methyl sites for hydroxylation is 1. The average molecular weight is 439 g/mol. The lowest BCUT2D eigenvalue weighted by Gasteiger charge is -2.24. The van der Waals surface area contributed by atoms with Crippen LogP contribution in [0.2, 0.25) is 0 Å². The Kier molecular flexibility index (Phi) is 5.60. The second kappa shape index (κ2) is 8.35. The Hall–Kier alpha value is -3.46. The van der Waals surface area contributed by atoms with Gasteiger partial charge in [-0.25, -0.2) is 9.79 Å². The minimum Gasteiger partial charge on any atom is -0.497 e. The van der Waals surface area contributed by atoms with E-state index in [2.05, 4.69) is 10.1 Å². The van der Waals surface area contributed by atoms with Gasteiger partial charge in [0.05, 0.1) is 41.8 Å². The van der Waals surface area contributed by atoms with Crippen LogP contribution in [0.4, 0.5) is 0 Å². The molecule has 4 rings (SSSR count). The van der Waals surface area contributed by atoms with Crippen LogP contribution in [-0.2, 0) is 16.6 Å². The van der Waals surface area contributed by atoms with Crippen molar-refractivity contribution in [2.75, 3.05) is 13.7 Å². The van der Waals surface area contributed by atoms with E-state index in [1.807, 2.05) is 25.4 Å². The smallest absolute Gasteiger partial charge is 0.338 e. The maximum Gasteiger partial charge on any atom is 0.338 e. The lowest BCUT2D eigenvalue weighted by molar-refractivity contribution is -0.139. The summed E-state index contributed by atoms with van der Waals surface area (Å²) < 4.78 is 14.3. The molecule has 3 heterocycles. The summed E-state index contributed by atoms with van der Waals surface area (Å²) in [6, 6.07) is 6.66. The minimum absolute atomic E-state index is 0.220. The van der Waals surface area contributed by atoms with Gasteiger partial charge in [0.1, 0.15) is 5.75 Å². The van der Waals surface area contributed by atoms with Crippen molar-refractivity contribution < 1.29 is 14.3 Å². The normalized spacial score (nSPS) is 16.1. The third-order valence-electron chi connectivity index (χ3n) is 4.97. The Morgan fingerprint density at radius 1 is 1.29 bits per heavy atom. The maximum absolute atomic E-state index is 13.4. The molecule has 0 bridgehead atoms. The summed E-state index contributed by atoms with van der Waals surface area (Å²) in [6.45, 7) is 3.75. The highest BCUT2D eigenvalue weighted by Gasteiger charge is 2.33. The molecule has 1 atom stereocenters. The molecule has 0 radical (unpaired) electrons. The van der Waals surface area contributed by atoms with E-state index in [0.29, 0.717) is 26.4 Å². The van der Waals surface area contributed by atoms with Gasteiger partial charge in [-0.15, -0.1) is 0 Å². The van der Waals surface area contributed by atoms with Crippen LogP contribution in [0.15, 0.2) is 57.7 Å². The van der Waals surface area contributed by atoms with E-state index >= 15 is 0 Å². The van der Waals surface area contributed by atoms with E-state index in [-0.39, 0.29) is 12.2 Å². The average Bonchev–Trinajstić information content (AvgIpc) is 3.30. The molecule has 0 saturated heterocycles. The molecule has 0 saturated carbocycles. The van der Waals surface area contributed by atoms with Crippen LogP contribution in [0.1, 0.15) is 31.0 Å². The van der Waals surface area contributed by atoms with Crippen molar-refractivity contribution in [3.05, 3.63) is 78.7 Å². The molecular weight excluding hydrogens is 416 g/mol. The van der Waals surface area contributed by atoms with Crippen molar-refractivity contribution in [2.45, 2.75) is 19.9 Å². The van der Waals surface area contributed by atoms with Crippen molar-refractivity contribution in [1.29, 1.82) is 0 Å². The Balaban J connectivity index is 1.94. The van der Waals surface area contributed by atoms with E-state index in [4.69, 9.17) is 9.47 Å². The second-order valence-corrected chi connectivity index (χ2v) is 8.03. The molecule has 160 valence electrons. The first-order valence-electron chi connectivity index (χ1n) is 9.75. The molecule has 3 aromatic rings. The molecule has 0 N–H and O–H groups in total. The van der Waals surface area contributed by atoms with Crippen LogP contribution in [0.3, 0.4) is 0 Å². The maximum atomic E-state index is 13.4. The number of allylic oxidation sites excluding steroid dienone is 1. The first kappa shape index (κ1) is 20.8. The van der Waals surface area contributed by atoms with Crippen LogP contribution in [0, 0.1) is 0 Å². The number of fused-ring (bicyclic) bond motifs is 1. The summed E-state index contributed by atoms with van der Waals surface area (Å²) in [5.74, 6) is 0.206. The molecule has 0 fully saturated rings. The highest BCUT2D eigenvalue weighted by atomic mass is 32.1. The SMILES string of the molecule is CCOC(=O)C1=C(C)N=c2s/c(=C/c3cnn(C)c3)c(=O)n2C1c1ccc(OC)cc1. The van der Waals surface area contributed by atoms with Crippen molar-refractivity contribution in [1.82, 2.24) is 14.3 Å². The number of nitrogens with zero attached hydrogens (tertiary/aromatic N) is 4. The molecule has 2 aromatic heterocycles. The summed E-state index contributed by atoms with van der Waals surface area (Å²) in [4.78, 5) is 31.4. The standard InChI is InChI=1S/C22H22N4O4S/c1-5-30-21(28)18-13(2)24-22-26(19(18)15-6-8-16(29-4)9-7-15)20(27)17(31-22)10-14-11-23-25(3)12-14/h6-12,19H,5H2,1-4H3/b17-10+. The zero-order chi connectivity index (χ0) is 22.1. The van der Waals surface area contributed by atoms with Crippen LogP contribution < -0.4 is 19.6 Å². The van der Waals surface area contributed by atoms with Gasteiger partial charge in [-0.3, -0.25) is 14.0 Å². The monoisotopic (exact) mass is 438 g/mol. The predicted molar refractivity (Wildman–Crippen MR) is 117 cm³/mol. The molecule has 1 aliphatic heterocycles. The number of carbonyl (C=O) groups excluding carboxylic acids is 1. The van der Waals surface area contributed by atoms with Gasteiger partial charge in [0.15, 0.2) is 4.80 Å². The van der Waals surface area contributed by atoms with E-state index in [0.717, 1.165) is 11.1 Å². The zero-order valence-electron chi connectivity index (χ0n) is 17.7. The zero-order valence-corrected chi connectivity index (χ0v) is 18.5. The van der Waals surface area contributed by atoms with E-state index in [1.165, 1.54) is 11.3 Å². The van der Waals surface area contributed by atoms with E-state index in [9.17, 15) is 9.59 Å². The lowest BCUT2D eigenvalue weighted by atomic mass is 9.96. The fourth-order valence-electron chi connectivity index (χ4n) is 3.56. The predicted octanol–water partition coefficient (Wildman–Crippen LogP) is 1.54. The second-order valence-electron chi connectivity index (χ2n) is 7.02.